The van der Waals surface area contributed by atoms with E-state index in [2.05, 4.69) is 5.10 Å². The van der Waals surface area contributed by atoms with Crippen molar-refractivity contribution in [3.63, 3.8) is 0 Å². The fourth-order valence-corrected chi connectivity index (χ4v) is 3.97. The van der Waals surface area contributed by atoms with Crippen molar-refractivity contribution < 1.29 is 13.2 Å². The van der Waals surface area contributed by atoms with Crippen molar-refractivity contribution in [2.24, 2.45) is 5.73 Å². The molecule has 0 aliphatic heterocycles. The van der Waals surface area contributed by atoms with Crippen LogP contribution in [0.4, 0.5) is 13.2 Å². The number of para-hydroxylation sites is 1. The predicted molar refractivity (Wildman–Crippen MR) is 127 cm³/mol. The number of nitrogens with two attached hydrogens (primary N) is 1. The molecule has 0 amide bonds. The molecule has 0 aliphatic rings. The van der Waals surface area contributed by atoms with Gasteiger partial charge in [-0.3, -0.25) is 9.36 Å². The van der Waals surface area contributed by atoms with Crippen LogP contribution in [0.5, 0.6) is 0 Å². The van der Waals surface area contributed by atoms with Crippen molar-refractivity contribution in [3.8, 4) is 5.69 Å². The van der Waals surface area contributed by atoms with Crippen LogP contribution in [0, 0.1) is 0 Å². The topological polar surface area (TPSA) is 82.9 Å². The molecule has 0 radical (unpaired) electrons. The van der Waals surface area contributed by atoms with Gasteiger partial charge in [-0.25, -0.2) is 4.79 Å². The van der Waals surface area contributed by atoms with Gasteiger partial charge in [-0.2, -0.15) is 23.0 Å². The number of alkyl halides is 3. The summed E-state index contributed by atoms with van der Waals surface area (Å²) in [5.74, 6) is 0. The summed E-state index contributed by atoms with van der Waals surface area (Å²) in [6.45, 7) is -0.206. The van der Waals surface area contributed by atoms with E-state index in [1.54, 1.807) is 42.5 Å². The first-order valence-corrected chi connectivity index (χ1v) is 11.0. The lowest BCUT2D eigenvalue weighted by molar-refractivity contribution is -0.138. The molecule has 0 aliphatic carbocycles. The number of halogens is 4. The number of benzene rings is 3. The average Bonchev–Trinajstić information content (AvgIpc) is 2.84. The van der Waals surface area contributed by atoms with Crippen LogP contribution in [0.3, 0.4) is 0 Å². The molecule has 3 aromatic carbocycles. The molecule has 4 rings (SSSR count). The van der Waals surface area contributed by atoms with E-state index in [0.717, 1.165) is 15.3 Å². The number of rotatable bonds is 6. The van der Waals surface area contributed by atoms with Crippen molar-refractivity contribution >= 4 is 11.6 Å². The lowest BCUT2D eigenvalue weighted by Gasteiger charge is -2.17. The Morgan fingerprint density at radius 1 is 0.914 bits per heavy atom. The summed E-state index contributed by atoms with van der Waals surface area (Å²) >= 11 is 6.26. The maximum atomic E-state index is 13.6. The van der Waals surface area contributed by atoms with E-state index in [4.69, 9.17) is 17.3 Å². The molecular formula is C25H20ClF3N4O2. The zero-order valence-corrected chi connectivity index (χ0v) is 19.0. The van der Waals surface area contributed by atoms with Crippen LogP contribution >= 0.6 is 11.6 Å². The molecular weight excluding hydrogens is 481 g/mol. The largest absolute Gasteiger partial charge is 0.416 e. The Morgan fingerprint density at radius 2 is 1.54 bits per heavy atom. The van der Waals surface area contributed by atoms with Gasteiger partial charge in [-0.1, -0.05) is 72.3 Å². The first-order chi connectivity index (χ1) is 16.7. The summed E-state index contributed by atoms with van der Waals surface area (Å²) in [5.41, 5.74) is 4.23. The standard InChI is InChI=1S/C25H20ClF3N4O2/c26-19-12-6-7-13-22(19)33-24(35)32(15-20(30)16-8-2-1-3-9-16)23(34)21(31-33)14-17-10-4-5-11-18(17)25(27,28)29/h1-13,20H,14-15,30H2. The Hall–Kier alpha value is -3.69. The molecule has 180 valence electrons. The lowest BCUT2D eigenvalue weighted by atomic mass is 10.0. The zero-order valence-electron chi connectivity index (χ0n) is 18.2. The summed E-state index contributed by atoms with van der Waals surface area (Å²) < 4.78 is 42.5. The van der Waals surface area contributed by atoms with Crippen LogP contribution < -0.4 is 17.0 Å². The Bertz CT molecular complexity index is 1470. The second-order valence-electron chi connectivity index (χ2n) is 7.86. The number of aromatic nitrogens is 3. The Labute approximate surface area is 203 Å². The molecule has 0 saturated heterocycles. The first kappa shape index (κ1) is 24.4. The van der Waals surface area contributed by atoms with Crippen molar-refractivity contribution in [1.29, 1.82) is 0 Å². The summed E-state index contributed by atoms with van der Waals surface area (Å²) in [5, 5.41) is 4.32. The van der Waals surface area contributed by atoms with Gasteiger partial charge in [0.1, 0.15) is 5.69 Å². The molecule has 0 bridgehead atoms. The van der Waals surface area contributed by atoms with Gasteiger partial charge in [0.2, 0.25) is 0 Å². The molecule has 1 unspecified atom stereocenters. The molecule has 10 heteroatoms. The SMILES string of the molecule is NC(Cn1c(=O)c(Cc2ccccc2C(F)(F)F)nn(-c2ccccc2Cl)c1=O)c1ccccc1. The molecule has 1 atom stereocenters. The number of nitrogens with zero attached hydrogens (tertiary/aromatic N) is 3. The minimum Gasteiger partial charge on any atom is -0.322 e. The lowest BCUT2D eigenvalue weighted by Crippen LogP contribution is -2.45. The van der Waals surface area contributed by atoms with E-state index in [9.17, 15) is 22.8 Å². The normalized spacial score (nSPS) is 12.5. The minimum absolute atomic E-state index is 0.145. The van der Waals surface area contributed by atoms with Crippen molar-refractivity contribution in [2.45, 2.75) is 25.2 Å². The highest BCUT2D eigenvalue weighted by molar-refractivity contribution is 6.32. The van der Waals surface area contributed by atoms with Gasteiger partial charge in [-0.05, 0) is 29.3 Å². The van der Waals surface area contributed by atoms with Crippen LogP contribution in [0.25, 0.3) is 5.69 Å². The summed E-state index contributed by atoms with van der Waals surface area (Å²) in [6, 6.07) is 19.4. The second kappa shape index (κ2) is 9.89. The molecule has 6 nitrogen and oxygen atoms in total. The first-order valence-electron chi connectivity index (χ1n) is 10.6. The maximum absolute atomic E-state index is 13.6. The van der Waals surface area contributed by atoms with Gasteiger partial charge in [0.05, 0.1) is 22.8 Å². The molecule has 1 heterocycles. The van der Waals surface area contributed by atoms with Gasteiger partial charge >= 0.3 is 11.9 Å². The van der Waals surface area contributed by atoms with E-state index >= 15 is 0 Å². The average molecular weight is 501 g/mol. The molecule has 2 N–H and O–H groups in total. The predicted octanol–water partition coefficient (Wildman–Crippen LogP) is 4.36. The third-order valence-electron chi connectivity index (χ3n) is 5.49. The van der Waals surface area contributed by atoms with Gasteiger partial charge in [0.15, 0.2) is 0 Å². The molecule has 0 saturated carbocycles. The van der Waals surface area contributed by atoms with E-state index in [1.807, 2.05) is 0 Å². The van der Waals surface area contributed by atoms with Crippen LogP contribution in [0.2, 0.25) is 5.02 Å². The molecule has 0 fully saturated rings. The van der Waals surface area contributed by atoms with E-state index in [1.165, 1.54) is 30.3 Å². The summed E-state index contributed by atoms with van der Waals surface area (Å²) in [4.78, 5) is 26.6. The van der Waals surface area contributed by atoms with E-state index in [-0.39, 0.29) is 28.5 Å². The van der Waals surface area contributed by atoms with Gasteiger partial charge in [0, 0.05) is 12.5 Å². The zero-order chi connectivity index (χ0) is 25.2. The van der Waals surface area contributed by atoms with E-state index in [0.29, 0.717) is 5.56 Å². The van der Waals surface area contributed by atoms with Crippen molar-refractivity contribution in [1.82, 2.24) is 14.3 Å². The quantitative estimate of drug-likeness (QED) is 0.426. The van der Waals surface area contributed by atoms with Crippen LogP contribution in [-0.2, 0) is 19.1 Å². The third kappa shape index (κ3) is 5.21. The number of hydrogen-bond acceptors (Lipinski definition) is 4. The molecule has 35 heavy (non-hydrogen) atoms. The summed E-state index contributed by atoms with van der Waals surface area (Å²) in [6.07, 6.45) is -5.07. The van der Waals surface area contributed by atoms with Crippen molar-refractivity contribution in [2.75, 3.05) is 0 Å². The van der Waals surface area contributed by atoms with Crippen molar-refractivity contribution in [3.05, 3.63) is 127 Å². The van der Waals surface area contributed by atoms with Gasteiger partial charge in [-0.15, -0.1) is 0 Å². The molecule has 1 aromatic heterocycles. The van der Waals surface area contributed by atoms with Crippen LogP contribution in [0.1, 0.15) is 28.4 Å². The Kier molecular flexibility index (Phi) is 6.90. The molecule has 0 spiro atoms. The fraction of sp³-hybridized carbons (Fsp3) is 0.160. The maximum Gasteiger partial charge on any atom is 0.416 e. The summed E-state index contributed by atoms with van der Waals surface area (Å²) in [7, 11) is 0. The molecule has 4 aromatic rings. The highest BCUT2D eigenvalue weighted by Crippen LogP contribution is 2.32. The monoisotopic (exact) mass is 500 g/mol. The Balaban J connectivity index is 1.88. The fourth-order valence-electron chi connectivity index (χ4n) is 3.75. The smallest absolute Gasteiger partial charge is 0.322 e. The van der Waals surface area contributed by atoms with E-state index < -0.39 is 35.5 Å². The van der Waals surface area contributed by atoms with Crippen LogP contribution in [-0.4, -0.2) is 14.3 Å². The third-order valence-corrected chi connectivity index (χ3v) is 5.81. The minimum atomic E-state index is -4.62. The van der Waals surface area contributed by atoms with Crippen LogP contribution in [0.15, 0.2) is 88.5 Å². The number of hydrogen-bond donors (Lipinski definition) is 1. The van der Waals surface area contributed by atoms with Gasteiger partial charge in [0.25, 0.3) is 5.56 Å². The highest BCUT2D eigenvalue weighted by atomic mass is 35.5. The second-order valence-corrected chi connectivity index (χ2v) is 8.26. The Morgan fingerprint density at radius 3 is 2.23 bits per heavy atom. The van der Waals surface area contributed by atoms with Gasteiger partial charge < -0.3 is 5.73 Å². The highest BCUT2D eigenvalue weighted by Gasteiger charge is 2.33.